The first-order valence-corrected chi connectivity index (χ1v) is 7.36. The van der Waals surface area contributed by atoms with Crippen molar-refractivity contribution in [3.05, 3.63) is 65.7 Å². The number of hydrogen-bond acceptors (Lipinski definition) is 2. The number of benzene rings is 2. The monoisotopic (exact) mass is 280 g/mol. The number of amides is 1. The van der Waals surface area contributed by atoms with Crippen molar-refractivity contribution in [2.45, 2.75) is 19.4 Å². The summed E-state index contributed by atoms with van der Waals surface area (Å²) in [6.45, 7) is 2.90. The van der Waals surface area contributed by atoms with E-state index in [1.54, 1.807) is 0 Å². The molecule has 0 fully saturated rings. The van der Waals surface area contributed by atoms with Crippen LogP contribution in [0.1, 0.15) is 24.1 Å². The molecule has 3 rings (SSSR count). The Morgan fingerprint density at radius 1 is 1.14 bits per heavy atom. The highest BCUT2D eigenvalue weighted by atomic mass is 16.2. The lowest BCUT2D eigenvalue weighted by Crippen LogP contribution is -2.44. The molecule has 2 N–H and O–H groups in total. The summed E-state index contributed by atoms with van der Waals surface area (Å²) in [5.74, 6) is 0.423. The number of carbonyl (C=O) groups excluding carboxylic acids is 1. The van der Waals surface area contributed by atoms with Crippen LogP contribution in [0.2, 0.25) is 0 Å². The van der Waals surface area contributed by atoms with E-state index < -0.39 is 6.04 Å². The average molecular weight is 280 g/mol. The van der Waals surface area contributed by atoms with Crippen molar-refractivity contribution < 1.29 is 4.79 Å². The molecule has 2 aromatic rings. The number of para-hydroxylation sites is 1. The van der Waals surface area contributed by atoms with E-state index in [9.17, 15) is 4.79 Å². The van der Waals surface area contributed by atoms with Gasteiger partial charge in [0.05, 0.1) is 0 Å². The van der Waals surface area contributed by atoms with Gasteiger partial charge in [-0.25, -0.2) is 0 Å². The van der Waals surface area contributed by atoms with Gasteiger partial charge in [-0.1, -0.05) is 55.5 Å². The van der Waals surface area contributed by atoms with Crippen molar-refractivity contribution in [2.24, 2.45) is 11.7 Å². The molecule has 2 atom stereocenters. The van der Waals surface area contributed by atoms with Crippen molar-refractivity contribution in [1.82, 2.24) is 0 Å². The fraction of sp³-hybridized carbons (Fsp3) is 0.278. The van der Waals surface area contributed by atoms with Crippen LogP contribution in [0.25, 0.3) is 0 Å². The number of nitrogens with zero attached hydrogens (tertiary/aromatic N) is 1. The number of rotatable bonds is 2. The van der Waals surface area contributed by atoms with Gasteiger partial charge < -0.3 is 10.6 Å². The van der Waals surface area contributed by atoms with E-state index in [0.717, 1.165) is 24.2 Å². The Morgan fingerprint density at radius 3 is 2.57 bits per heavy atom. The third kappa shape index (κ3) is 2.69. The molecule has 0 bridgehead atoms. The first kappa shape index (κ1) is 13.8. The Morgan fingerprint density at radius 2 is 1.81 bits per heavy atom. The molecule has 2 aromatic carbocycles. The van der Waals surface area contributed by atoms with Crippen LogP contribution in [0, 0.1) is 5.92 Å². The molecule has 1 aliphatic rings. The van der Waals surface area contributed by atoms with Gasteiger partial charge in [-0.05, 0) is 29.5 Å². The van der Waals surface area contributed by atoms with Crippen LogP contribution in [0.5, 0.6) is 0 Å². The molecule has 1 unspecified atom stereocenters. The predicted octanol–water partition coefficient (Wildman–Crippen LogP) is 2.91. The molecule has 0 saturated carbocycles. The average Bonchev–Trinajstić information content (AvgIpc) is 2.53. The first-order chi connectivity index (χ1) is 10.2. The number of nitrogens with two attached hydrogens (primary N) is 1. The maximum Gasteiger partial charge on any atom is 0.248 e. The fourth-order valence-corrected chi connectivity index (χ4v) is 2.98. The number of anilines is 1. The lowest BCUT2D eigenvalue weighted by atomic mass is 9.93. The summed E-state index contributed by atoms with van der Waals surface area (Å²) in [5.41, 5.74) is 9.27. The van der Waals surface area contributed by atoms with E-state index in [2.05, 4.69) is 13.0 Å². The number of carbonyl (C=O) groups is 1. The zero-order valence-corrected chi connectivity index (χ0v) is 12.2. The standard InChI is InChI=1S/C18H20N2O/c1-13-11-15-9-5-6-10-16(15)20(12-13)18(21)17(19)14-7-3-2-4-8-14/h2-10,13,17H,11-12,19H2,1H3/t13?,17-/m0/s1. The minimum atomic E-state index is -0.607. The molecule has 21 heavy (non-hydrogen) atoms. The fourth-order valence-electron chi connectivity index (χ4n) is 2.98. The predicted molar refractivity (Wildman–Crippen MR) is 85.0 cm³/mol. The zero-order valence-electron chi connectivity index (χ0n) is 12.2. The lowest BCUT2D eigenvalue weighted by molar-refractivity contribution is -0.120. The van der Waals surface area contributed by atoms with E-state index >= 15 is 0 Å². The summed E-state index contributed by atoms with van der Waals surface area (Å²) in [5, 5.41) is 0. The van der Waals surface area contributed by atoms with Crippen LogP contribution < -0.4 is 10.6 Å². The van der Waals surface area contributed by atoms with Crippen LogP contribution in [-0.4, -0.2) is 12.5 Å². The summed E-state index contributed by atoms with van der Waals surface area (Å²) in [6.07, 6.45) is 1.01. The maximum atomic E-state index is 12.8. The van der Waals surface area contributed by atoms with Crippen molar-refractivity contribution >= 4 is 11.6 Å². The lowest BCUT2D eigenvalue weighted by Gasteiger charge is -2.34. The third-order valence-electron chi connectivity index (χ3n) is 4.04. The van der Waals surface area contributed by atoms with E-state index in [4.69, 9.17) is 5.73 Å². The Bertz CT molecular complexity index is 639. The van der Waals surface area contributed by atoms with Crippen LogP contribution in [0.4, 0.5) is 5.69 Å². The minimum Gasteiger partial charge on any atom is -0.316 e. The summed E-state index contributed by atoms with van der Waals surface area (Å²) in [7, 11) is 0. The summed E-state index contributed by atoms with van der Waals surface area (Å²) in [6, 6.07) is 17.1. The molecule has 1 amide bonds. The smallest absolute Gasteiger partial charge is 0.248 e. The van der Waals surface area contributed by atoms with Gasteiger partial charge in [0.2, 0.25) is 5.91 Å². The quantitative estimate of drug-likeness (QED) is 0.919. The molecule has 0 radical (unpaired) electrons. The molecule has 0 aliphatic carbocycles. The Hall–Kier alpha value is -2.13. The second kappa shape index (κ2) is 5.70. The number of fused-ring (bicyclic) bond motifs is 1. The van der Waals surface area contributed by atoms with Gasteiger partial charge in [0, 0.05) is 12.2 Å². The maximum absolute atomic E-state index is 12.8. The molecule has 0 aromatic heterocycles. The van der Waals surface area contributed by atoms with Gasteiger partial charge in [-0.3, -0.25) is 4.79 Å². The van der Waals surface area contributed by atoms with Gasteiger partial charge in [-0.2, -0.15) is 0 Å². The molecule has 3 heteroatoms. The highest BCUT2D eigenvalue weighted by molar-refractivity contribution is 5.98. The van der Waals surface area contributed by atoms with E-state index in [-0.39, 0.29) is 5.91 Å². The number of hydrogen-bond donors (Lipinski definition) is 1. The van der Waals surface area contributed by atoms with Crippen molar-refractivity contribution in [3.63, 3.8) is 0 Å². The topological polar surface area (TPSA) is 46.3 Å². The molecule has 1 heterocycles. The van der Waals surface area contributed by atoms with Gasteiger partial charge in [0.15, 0.2) is 0 Å². The van der Waals surface area contributed by atoms with Crippen LogP contribution in [0.3, 0.4) is 0 Å². The molecule has 1 aliphatic heterocycles. The van der Waals surface area contributed by atoms with Crippen LogP contribution in [-0.2, 0) is 11.2 Å². The van der Waals surface area contributed by atoms with Crippen molar-refractivity contribution in [2.75, 3.05) is 11.4 Å². The summed E-state index contributed by atoms with van der Waals surface area (Å²) < 4.78 is 0. The molecule has 108 valence electrons. The molecular weight excluding hydrogens is 260 g/mol. The van der Waals surface area contributed by atoms with Crippen LogP contribution in [0.15, 0.2) is 54.6 Å². The van der Waals surface area contributed by atoms with Gasteiger partial charge in [-0.15, -0.1) is 0 Å². The SMILES string of the molecule is CC1Cc2ccccc2N(C(=O)[C@@H](N)c2ccccc2)C1. The highest BCUT2D eigenvalue weighted by Crippen LogP contribution is 2.31. The highest BCUT2D eigenvalue weighted by Gasteiger charge is 2.29. The molecule has 0 spiro atoms. The minimum absolute atomic E-state index is 0.0276. The van der Waals surface area contributed by atoms with Crippen LogP contribution >= 0.6 is 0 Å². The zero-order chi connectivity index (χ0) is 14.8. The van der Waals surface area contributed by atoms with Crippen molar-refractivity contribution in [3.8, 4) is 0 Å². The van der Waals surface area contributed by atoms with E-state index in [1.165, 1.54) is 5.56 Å². The normalized spacial score (nSPS) is 19.0. The summed E-state index contributed by atoms with van der Waals surface area (Å²) in [4.78, 5) is 14.7. The second-order valence-corrected chi connectivity index (χ2v) is 5.78. The molecule has 0 saturated heterocycles. The molecule has 3 nitrogen and oxygen atoms in total. The summed E-state index contributed by atoms with van der Waals surface area (Å²) >= 11 is 0. The molecular formula is C18H20N2O. The third-order valence-corrected chi connectivity index (χ3v) is 4.04. The first-order valence-electron chi connectivity index (χ1n) is 7.36. The van der Waals surface area contributed by atoms with E-state index in [0.29, 0.717) is 5.92 Å². The van der Waals surface area contributed by atoms with Crippen molar-refractivity contribution in [1.29, 1.82) is 0 Å². The Balaban J connectivity index is 1.91. The van der Waals surface area contributed by atoms with Gasteiger partial charge in [0.25, 0.3) is 0 Å². The second-order valence-electron chi connectivity index (χ2n) is 5.78. The van der Waals surface area contributed by atoms with Gasteiger partial charge in [0.1, 0.15) is 6.04 Å². The largest absolute Gasteiger partial charge is 0.316 e. The van der Waals surface area contributed by atoms with E-state index in [1.807, 2.05) is 53.4 Å². The van der Waals surface area contributed by atoms with Gasteiger partial charge >= 0.3 is 0 Å². The Labute approximate surface area is 125 Å². The Kier molecular flexibility index (Phi) is 3.76.